The van der Waals surface area contributed by atoms with Crippen LogP contribution >= 0.6 is 11.3 Å². The van der Waals surface area contributed by atoms with Gasteiger partial charge >= 0.3 is 0 Å². The first kappa shape index (κ1) is 18.0. The molecule has 1 amide bonds. The normalized spacial score (nSPS) is 11.3. The Balaban J connectivity index is 2.19. The first-order valence-electron chi connectivity index (χ1n) is 6.97. The number of nitrogens with one attached hydrogen (secondary N) is 2. The van der Waals surface area contributed by atoms with Crippen molar-refractivity contribution in [2.75, 3.05) is 10.0 Å². The van der Waals surface area contributed by atoms with Crippen LogP contribution in [-0.4, -0.2) is 30.3 Å². The van der Waals surface area contributed by atoms with Gasteiger partial charge in [0.1, 0.15) is 0 Å². The zero-order chi connectivity index (χ0) is 17.9. The first-order chi connectivity index (χ1) is 11.2. The molecule has 2 rings (SSSR count). The zero-order valence-corrected chi connectivity index (χ0v) is 14.9. The quantitative estimate of drug-likeness (QED) is 0.596. The van der Waals surface area contributed by atoms with Gasteiger partial charge in [-0.05, 0) is 19.1 Å². The van der Waals surface area contributed by atoms with Crippen molar-refractivity contribution in [1.82, 2.24) is 10.2 Å². The Hall–Kier alpha value is -2.33. The van der Waals surface area contributed by atoms with Crippen molar-refractivity contribution in [1.29, 1.82) is 0 Å². The van der Waals surface area contributed by atoms with E-state index in [9.17, 15) is 18.0 Å². The summed E-state index contributed by atoms with van der Waals surface area (Å²) >= 11 is 0.744. The van der Waals surface area contributed by atoms with Gasteiger partial charge in [0.25, 0.3) is 14.4 Å². The number of hydrogen-bond donors (Lipinski definition) is 2. The largest absolute Gasteiger partial charge is 0.300 e. The third kappa shape index (κ3) is 4.36. The van der Waals surface area contributed by atoms with Gasteiger partial charge in [-0.15, -0.1) is 10.2 Å². The van der Waals surface area contributed by atoms with Crippen LogP contribution in [-0.2, 0) is 14.8 Å². The molecular weight excluding hydrogens is 352 g/mol. The highest BCUT2D eigenvalue weighted by atomic mass is 32.2. The number of sulfonamides is 1. The monoisotopic (exact) mass is 368 g/mol. The van der Waals surface area contributed by atoms with Crippen LogP contribution in [0.25, 0.3) is 0 Å². The summed E-state index contributed by atoms with van der Waals surface area (Å²) in [6.07, 6.45) is 0. The predicted molar refractivity (Wildman–Crippen MR) is 90.6 cm³/mol. The van der Waals surface area contributed by atoms with E-state index in [1.165, 1.54) is 19.1 Å². The Morgan fingerprint density at radius 3 is 2.54 bits per heavy atom. The van der Waals surface area contributed by atoms with Crippen molar-refractivity contribution in [2.24, 2.45) is 5.92 Å². The number of benzene rings is 1. The first-order valence-corrected chi connectivity index (χ1v) is 9.27. The SMILES string of the molecule is CC(=O)c1cccc(NS(=O)(=O)c2nnc(NC(=O)C(C)C)s2)c1. The lowest BCUT2D eigenvalue weighted by molar-refractivity contribution is -0.118. The molecule has 0 fully saturated rings. The van der Waals surface area contributed by atoms with E-state index in [1.54, 1.807) is 26.0 Å². The van der Waals surface area contributed by atoms with Crippen LogP contribution in [0.5, 0.6) is 0 Å². The standard InChI is InChI=1S/C14H16N4O4S2/c1-8(2)12(20)15-13-16-17-14(23-13)24(21,22)18-11-6-4-5-10(7-11)9(3)19/h4-8,18H,1-3H3,(H,15,16,20). The van der Waals surface area contributed by atoms with Crippen molar-refractivity contribution < 1.29 is 18.0 Å². The van der Waals surface area contributed by atoms with Crippen LogP contribution in [0.15, 0.2) is 28.6 Å². The molecule has 1 heterocycles. The number of amides is 1. The van der Waals surface area contributed by atoms with Crippen molar-refractivity contribution in [3.05, 3.63) is 29.8 Å². The van der Waals surface area contributed by atoms with E-state index in [-0.39, 0.29) is 32.8 Å². The predicted octanol–water partition coefficient (Wildman–Crippen LogP) is 2.14. The van der Waals surface area contributed by atoms with E-state index in [1.807, 2.05) is 0 Å². The second-order valence-electron chi connectivity index (χ2n) is 5.26. The molecule has 0 saturated heterocycles. The summed E-state index contributed by atoms with van der Waals surface area (Å²) in [7, 11) is -3.96. The van der Waals surface area contributed by atoms with E-state index < -0.39 is 10.0 Å². The lowest BCUT2D eigenvalue weighted by atomic mass is 10.1. The maximum atomic E-state index is 12.3. The highest BCUT2D eigenvalue weighted by Gasteiger charge is 2.21. The maximum absolute atomic E-state index is 12.3. The number of carbonyl (C=O) groups is 2. The summed E-state index contributed by atoms with van der Waals surface area (Å²) < 4.78 is 26.7. The molecule has 2 N–H and O–H groups in total. The van der Waals surface area contributed by atoms with Crippen molar-refractivity contribution in [3.8, 4) is 0 Å². The van der Waals surface area contributed by atoms with E-state index in [0.29, 0.717) is 5.56 Å². The third-order valence-corrected chi connectivity index (χ3v) is 5.50. The molecule has 0 aliphatic carbocycles. The van der Waals surface area contributed by atoms with Crippen LogP contribution in [0.3, 0.4) is 0 Å². The molecule has 0 radical (unpaired) electrons. The van der Waals surface area contributed by atoms with Gasteiger partial charge in [0.2, 0.25) is 11.0 Å². The summed E-state index contributed by atoms with van der Waals surface area (Å²) in [6.45, 7) is 4.80. The van der Waals surface area contributed by atoms with Crippen LogP contribution in [0, 0.1) is 5.92 Å². The lowest BCUT2D eigenvalue weighted by Crippen LogP contribution is -2.17. The summed E-state index contributed by atoms with van der Waals surface area (Å²) in [4.78, 5) is 23.0. The average Bonchev–Trinajstić information content (AvgIpc) is 2.96. The Bertz CT molecular complexity index is 874. The number of nitrogens with zero attached hydrogens (tertiary/aromatic N) is 2. The van der Waals surface area contributed by atoms with Crippen molar-refractivity contribution in [2.45, 2.75) is 25.1 Å². The number of rotatable bonds is 6. The molecule has 0 saturated carbocycles. The molecule has 24 heavy (non-hydrogen) atoms. The molecular formula is C14H16N4O4S2. The summed E-state index contributed by atoms with van der Waals surface area (Å²) in [5.74, 6) is -0.718. The molecule has 10 heteroatoms. The molecule has 0 aliphatic heterocycles. The van der Waals surface area contributed by atoms with Crippen LogP contribution in [0.1, 0.15) is 31.1 Å². The molecule has 8 nitrogen and oxygen atoms in total. The molecule has 1 aromatic carbocycles. The Labute approximate surface area is 143 Å². The minimum atomic E-state index is -3.96. The van der Waals surface area contributed by atoms with Crippen molar-refractivity contribution in [3.63, 3.8) is 0 Å². The van der Waals surface area contributed by atoms with E-state index in [2.05, 4.69) is 20.2 Å². The lowest BCUT2D eigenvalue weighted by Gasteiger charge is -2.06. The maximum Gasteiger partial charge on any atom is 0.291 e. The topological polar surface area (TPSA) is 118 Å². The molecule has 0 atom stereocenters. The molecule has 0 aliphatic rings. The summed E-state index contributed by atoms with van der Waals surface area (Å²) in [5, 5.41) is 9.84. The molecule has 0 spiro atoms. The van der Waals surface area contributed by atoms with Gasteiger partial charge in [-0.2, -0.15) is 8.42 Å². The van der Waals surface area contributed by atoms with E-state index in [0.717, 1.165) is 11.3 Å². The van der Waals surface area contributed by atoms with Crippen LogP contribution < -0.4 is 10.0 Å². The number of Topliss-reactive ketones (excluding diaryl/α,β-unsaturated/α-hetero) is 1. The highest BCUT2D eigenvalue weighted by Crippen LogP contribution is 2.23. The summed E-state index contributed by atoms with van der Waals surface area (Å²) in [6, 6.07) is 6.11. The minimum Gasteiger partial charge on any atom is -0.300 e. The van der Waals surface area contributed by atoms with Gasteiger partial charge in [-0.3, -0.25) is 14.3 Å². The van der Waals surface area contributed by atoms with Gasteiger partial charge in [-0.1, -0.05) is 37.3 Å². The summed E-state index contributed by atoms with van der Waals surface area (Å²) in [5.41, 5.74) is 0.628. The molecule has 128 valence electrons. The van der Waals surface area contributed by atoms with Crippen molar-refractivity contribution >= 4 is 43.9 Å². The smallest absolute Gasteiger partial charge is 0.291 e. The van der Waals surface area contributed by atoms with Gasteiger partial charge < -0.3 is 5.32 Å². The van der Waals surface area contributed by atoms with Gasteiger partial charge in [0.15, 0.2) is 5.78 Å². The molecule has 0 unspecified atom stereocenters. The van der Waals surface area contributed by atoms with Crippen LogP contribution in [0.2, 0.25) is 0 Å². The Morgan fingerprint density at radius 1 is 1.21 bits per heavy atom. The molecule has 0 bridgehead atoms. The number of ketones is 1. The van der Waals surface area contributed by atoms with Gasteiger partial charge in [-0.25, -0.2) is 0 Å². The fraction of sp³-hybridized carbons (Fsp3) is 0.286. The number of anilines is 2. The fourth-order valence-electron chi connectivity index (χ4n) is 1.62. The minimum absolute atomic E-state index is 0.103. The van der Waals surface area contributed by atoms with E-state index in [4.69, 9.17) is 0 Å². The third-order valence-electron chi connectivity index (χ3n) is 2.91. The number of carbonyl (C=O) groups excluding carboxylic acids is 2. The fourth-order valence-corrected chi connectivity index (χ4v) is 3.57. The average molecular weight is 368 g/mol. The number of hydrogen-bond acceptors (Lipinski definition) is 7. The van der Waals surface area contributed by atoms with Crippen LogP contribution in [0.4, 0.5) is 10.8 Å². The molecule has 1 aromatic heterocycles. The highest BCUT2D eigenvalue weighted by molar-refractivity contribution is 7.94. The second-order valence-corrected chi connectivity index (χ2v) is 8.09. The van der Waals surface area contributed by atoms with E-state index >= 15 is 0 Å². The van der Waals surface area contributed by atoms with Gasteiger partial charge in [0, 0.05) is 17.2 Å². The second kappa shape index (κ2) is 7.05. The Kier molecular flexibility index (Phi) is 5.30. The zero-order valence-electron chi connectivity index (χ0n) is 13.2. The Morgan fingerprint density at radius 2 is 1.92 bits per heavy atom. The number of aromatic nitrogens is 2. The molecule has 2 aromatic rings. The van der Waals surface area contributed by atoms with Gasteiger partial charge in [0.05, 0.1) is 0 Å².